The third-order valence-corrected chi connectivity index (χ3v) is 3.51. The van der Waals surface area contributed by atoms with Crippen molar-refractivity contribution >= 4 is 28.2 Å². The lowest BCUT2D eigenvalue weighted by atomic mass is 10.3. The Kier molecular flexibility index (Phi) is 6.04. The van der Waals surface area contributed by atoms with Crippen molar-refractivity contribution in [1.29, 1.82) is 0 Å². The fourth-order valence-electron chi connectivity index (χ4n) is 1.53. The van der Waals surface area contributed by atoms with Crippen molar-refractivity contribution in [1.82, 2.24) is 4.90 Å². The first-order valence-corrected chi connectivity index (χ1v) is 7.00. The maximum Gasteiger partial charge on any atom is 0.349 e. The van der Waals surface area contributed by atoms with E-state index in [0.29, 0.717) is 24.4 Å². The van der Waals surface area contributed by atoms with Crippen LogP contribution in [0.15, 0.2) is 24.3 Å². The molecular formula is C13H16N2O5S. The number of esters is 1. The molecule has 114 valence electrons. The van der Waals surface area contributed by atoms with Crippen molar-refractivity contribution < 1.29 is 19.2 Å². The molecule has 0 N–H and O–H groups in total. The summed E-state index contributed by atoms with van der Waals surface area (Å²) >= 11 is 0.713. The first-order chi connectivity index (χ1) is 9.85. The highest BCUT2D eigenvalue weighted by Gasteiger charge is 2.19. The van der Waals surface area contributed by atoms with Gasteiger partial charge in [0.05, 0.1) is 4.92 Å². The van der Waals surface area contributed by atoms with Gasteiger partial charge in [-0.25, -0.2) is 4.79 Å². The van der Waals surface area contributed by atoms with Crippen LogP contribution < -0.4 is 0 Å². The van der Waals surface area contributed by atoms with E-state index in [1.54, 1.807) is 6.92 Å². The molecule has 0 aromatic carbocycles. The number of hydrogen-bond donors (Lipinski definition) is 0. The summed E-state index contributed by atoms with van der Waals surface area (Å²) in [7, 11) is 0. The van der Waals surface area contributed by atoms with Gasteiger partial charge in [0, 0.05) is 19.2 Å². The molecule has 0 bridgehead atoms. The fourth-order valence-corrected chi connectivity index (χ4v) is 2.24. The van der Waals surface area contributed by atoms with E-state index in [-0.39, 0.29) is 15.8 Å². The van der Waals surface area contributed by atoms with E-state index >= 15 is 0 Å². The molecule has 0 aliphatic carbocycles. The molecule has 1 aromatic heterocycles. The van der Waals surface area contributed by atoms with E-state index in [2.05, 4.69) is 6.58 Å². The van der Waals surface area contributed by atoms with Gasteiger partial charge in [0.1, 0.15) is 4.88 Å². The van der Waals surface area contributed by atoms with Crippen molar-refractivity contribution in [3.05, 3.63) is 39.3 Å². The van der Waals surface area contributed by atoms with Crippen molar-refractivity contribution in [2.45, 2.75) is 13.8 Å². The summed E-state index contributed by atoms with van der Waals surface area (Å²) < 4.78 is 4.88. The highest BCUT2D eigenvalue weighted by molar-refractivity contribution is 7.17. The van der Waals surface area contributed by atoms with E-state index < -0.39 is 17.5 Å². The molecule has 0 spiro atoms. The highest BCUT2D eigenvalue weighted by Crippen LogP contribution is 2.24. The van der Waals surface area contributed by atoms with Gasteiger partial charge in [-0.05, 0) is 19.9 Å². The Bertz CT molecular complexity index is 567. The minimum Gasteiger partial charge on any atom is -0.451 e. The Morgan fingerprint density at radius 2 is 2.14 bits per heavy atom. The molecule has 0 saturated carbocycles. The number of ether oxygens (including phenoxy) is 1. The Hall–Kier alpha value is -2.22. The number of carbonyl (C=O) groups excluding carboxylic acids is 2. The molecule has 1 aromatic rings. The Morgan fingerprint density at radius 3 is 2.62 bits per heavy atom. The number of hydrogen-bond acceptors (Lipinski definition) is 6. The van der Waals surface area contributed by atoms with Crippen LogP contribution in [0, 0.1) is 10.1 Å². The number of amides is 1. The van der Waals surface area contributed by atoms with Crippen LogP contribution in [-0.2, 0) is 9.53 Å². The van der Waals surface area contributed by atoms with Gasteiger partial charge in [-0.2, -0.15) is 0 Å². The van der Waals surface area contributed by atoms with Crippen LogP contribution in [0.2, 0.25) is 0 Å². The van der Waals surface area contributed by atoms with Gasteiger partial charge in [-0.3, -0.25) is 14.9 Å². The van der Waals surface area contributed by atoms with Gasteiger partial charge >= 0.3 is 11.0 Å². The van der Waals surface area contributed by atoms with Gasteiger partial charge in [-0.1, -0.05) is 23.5 Å². The molecule has 0 aliphatic heterocycles. The molecule has 0 fully saturated rings. The number of likely N-dealkylation sites (N-methyl/N-ethyl adjacent to an activating group) is 1. The average molecular weight is 312 g/mol. The average Bonchev–Trinajstić information content (AvgIpc) is 2.91. The van der Waals surface area contributed by atoms with Crippen LogP contribution in [0.5, 0.6) is 0 Å². The number of carbonyl (C=O) groups is 2. The molecule has 8 heteroatoms. The standard InChI is InChI=1S/C13H16N2O5S/c1-4-14(7-9(2)3)11(16)8-20-13(17)10-5-6-12(21-10)15(18)19/h5-6H,2,4,7-8H2,1,3H3. The topological polar surface area (TPSA) is 89.8 Å². The van der Waals surface area contributed by atoms with Crippen LogP contribution in [0.3, 0.4) is 0 Å². The minimum atomic E-state index is -0.743. The molecule has 21 heavy (non-hydrogen) atoms. The summed E-state index contributed by atoms with van der Waals surface area (Å²) in [5.74, 6) is -1.08. The summed E-state index contributed by atoms with van der Waals surface area (Å²) in [6.45, 7) is 7.82. The second-order valence-corrected chi connectivity index (χ2v) is 5.40. The van der Waals surface area contributed by atoms with Gasteiger partial charge in [0.25, 0.3) is 5.91 Å². The molecule has 0 saturated heterocycles. The highest BCUT2D eigenvalue weighted by atomic mass is 32.1. The molecule has 7 nitrogen and oxygen atoms in total. The Labute approximate surface area is 126 Å². The number of rotatable bonds is 7. The van der Waals surface area contributed by atoms with Crippen molar-refractivity contribution in [2.75, 3.05) is 19.7 Å². The van der Waals surface area contributed by atoms with Gasteiger partial charge in [0.15, 0.2) is 6.61 Å². The van der Waals surface area contributed by atoms with Crippen molar-refractivity contribution in [2.24, 2.45) is 0 Å². The summed E-state index contributed by atoms with van der Waals surface area (Å²) in [6, 6.07) is 2.53. The van der Waals surface area contributed by atoms with Gasteiger partial charge in [0.2, 0.25) is 0 Å². The first-order valence-electron chi connectivity index (χ1n) is 6.18. The predicted molar refractivity (Wildman–Crippen MR) is 78.3 cm³/mol. The zero-order chi connectivity index (χ0) is 16.0. The van der Waals surface area contributed by atoms with Crippen molar-refractivity contribution in [3.8, 4) is 0 Å². The van der Waals surface area contributed by atoms with E-state index in [4.69, 9.17) is 4.74 Å². The number of thiophene rings is 1. The second kappa shape index (κ2) is 7.53. The van der Waals surface area contributed by atoms with Crippen molar-refractivity contribution in [3.63, 3.8) is 0 Å². The summed E-state index contributed by atoms with van der Waals surface area (Å²) in [4.78, 5) is 35.1. The maximum atomic E-state index is 11.9. The SMILES string of the molecule is C=C(C)CN(CC)C(=O)COC(=O)c1ccc([N+](=O)[O-])s1. The molecule has 1 heterocycles. The summed E-state index contributed by atoms with van der Waals surface area (Å²) in [6.07, 6.45) is 0. The Morgan fingerprint density at radius 1 is 1.48 bits per heavy atom. The number of nitro groups is 1. The molecule has 0 aliphatic rings. The molecule has 1 rings (SSSR count). The van der Waals surface area contributed by atoms with E-state index in [9.17, 15) is 19.7 Å². The lowest BCUT2D eigenvalue weighted by Crippen LogP contribution is -2.35. The molecule has 0 unspecified atom stereocenters. The normalized spacial score (nSPS) is 10.0. The largest absolute Gasteiger partial charge is 0.451 e. The lowest BCUT2D eigenvalue weighted by Gasteiger charge is -2.20. The van der Waals surface area contributed by atoms with Crippen LogP contribution in [0.4, 0.5) is 5.00 Å². The predicted octanol–water partition coefficient (Wildman–Crippen LogP) is 2.24. The smallest absolute Gasteiger partial charge is 0.349 e. The van der Waals surface area contributed by atoms with E-state index in [0.717, 1.165) is 5.57 Å². The Balaban J connectivity index is 2.56. The molecule has 0 radical (unpaired) electrons. The fraction of sp³-hybridized carbons (Fsp3) is 0.385. The van der Waals surface area contributed by atoms with Crippen LogP contribution in [0.1, 0.15) is 23.5 Å². The minimum absolute atomic E-state index is 0.0949. The summed E-state index contributed by atoms with van der Waals surface area (Å²) in [5, 5.41) is 10.4. The third-order valence-electron chi connectivity index (χ3n) is 2.49. The third kappa shape index (κ3) is 4.99. The number of nitrogens with zero attached hydrogens (tertiary/aromatic N) is 2. The van der Waals surface area contributed by atoms with E-state index in [1.807, 2.05) is 6.92 Å². The van der Waals surface area contributed by atoms with Gasteiger partial charge < -0.3 is 9.64 Å². The summed E-state index contributed by atoms with van der Waals surface area (Å²) in [5.41, 5.74) is 0.824. The molecule has 0 atom stereocenters. The molecule has 1 amide bonds. The van der Waals surface area contributed by atoms with Crippen LogP contribution in [-0.4, -0.2) is 41.4 Å². The zero-order valence-corrected chi connectivity index (χ0v) is 12.6. The first kappa shape index (κ1) is 16.8. The molecular weight excluding hydrogens is 296 g/mol. The monoisotopic (exact) mass is 312 g/mol. The van der Waals surface area contributed by atoms with E-state index in [1.165, 1.54) is 17.0 Å². The van der Waals surface area contributed by atoms with Gasteiger partial charge in [-0.15, -0.1) is 0 Å². The van der Waals surface area contributed by atoms with Crippen LogP contribution >= 0.6 is 11.3 Å². The zero-order valence-electron chi connectivity index (χ0n) is 11.8. The second-order valence-electron chi connectivity index (χ2n) is 4.34. The maximum absolute atomic E-state index is 11.9. The quantitative estimate of drug-likeness (QED) is 0.333. The van der Waals surface area contributed by atoms with Crippen LogP contribution in [0.25, 0.3) is 0 Å². The lowest BCUT2D eigenvalue weighted by molar-refractivity contribution is -0.380.